The Morgan fingerprint density at radius 3 is 2.70 bits per heavy atom. The van der Waals surface area contributed by atoms with Crippen molar-refractivity contribution in [3.8, 4) is 0 Å². The predicted octanol–water partition coefficient (Wildman–Crippen LogP) is 2.65. The normalized spacial score (nSPS) is 11.8. The van der Waals surface area contributed by atoms with E-state index in [0.717, 1.165) is 0 Å². The molecule has 0 radical (unpaired) electrons. The van der Waals surface area contributed by atoms with E-state index in [4.69, 9.17) is 5.73 Å². The maximum absolute atomic E-state index is 12.2. The lowest BCUT2D eigenvalue weighted by atomic mass is 10.1. The molecule has 1 heterocycles. The van der Waals surface area contributed by atoms with Crippen molar-refractivity contribution in [2.75, 3.05) is 5.73 Å². The SMILES string of the molecule is Nc1ccc(Br)c(C(=O)NC(C(=O)O)c2cccs2)c1. The number of nitrogens with two attached hydrogens (primary N) is 1. The Balaban J connectivity index is 2.25. The highest BCUT2D eigenvalue weighted by Gasteiger charge is 2.24. The van der Waals surface area contributed by atoms with Crippen LogP contribution in [0.25, 0.3) is 0 Å². The molecule has 1 unspecified atom stereocenters. The number of carboxylic acid groups (broad SMARTS) is 1. The lowest BCUT2D eigenvalue weighted by Crippen LogP contribution is -2.33. The first-order chi connectivity index (χ1) is 9.49. The first-order valence-electron chi connectivity index (χ1n) is 5.61. The van der Waals surface area contributed by atoms with Gasteiger partial charge in [0.1, 0.15) is 0 Å². The molecule has 5 nitrogen and oxygen atoms in total. The fraction of sp³-hybridized carbons (Fsp3) is 0.0769. The summed E-state index contributed by atoms with van der Waals surface area (Å²) in [6.07, 6.45) is 0. The maximum Gasteiger partial charge on any atom is 0.331 e. The molecule has 0 fully saturated rings. The second-order valence-corrected chi connectivity index (χ2v) is 5.83. The van der Waals surface area contributed by atoms with Gasteiger partial charge in [-0.1, -0.05) is 6.07 Å². The number of carboxylic acids is 1. The van der Waals surface area contributed by atoms with Gasteiger partial charge in [-0.3, -0.25) is 4.79 Å². The summed E-state index contributed by atoms with van der Waals surface area (Å²) in [4.78, 5) is 24.0. The van der Waals surface area contributed by atoms with Crippen LogP contribution < -0.4 is 11.1 Å². The van der Waals surface area contributed by atoms with Crippen LogP contribution in [0.15, 0.2) is 40.2 Å². The number of benzene rings is 1. The molecule has 1 aromatic heterocycles. The molecule has 0 saturated carbocycles. The third kappa shape index (κ3) is 3.17. The fourth-order valence-corrected chi connectivity index (χ4v) is 2.83. The Morgan fingerprint density at radius 1 is 1.35 bits per heavy atom. The Labute approximate surface area is 127 Å². The number of thiophene rings is 1. The molecule has 0 aliphatic carbocycles. The lowest BCUT2D eigenvalue weighted by molar-refractivity contribution is -0.139. The van der Waals surface area contributed by atoms with Crippen molar-refractivity contribution in [1.29, 1.82) is 0 Å². The van der Waals surface area contributed by atoms with Gasteiger partial charge in [0, 0.05) is 15.0 Å². The molecule has 0 bridgehead atoms. The van der Waals surface area contributed by atoms with Crippen LogP contribution in [0.3, 0.4) is 0 Å². The molecular weight excluding hydrogens is 344 g/mol. The predicted molar refractivity (Wildman–Crippen MR) is 80.7 cm³/mol. The van der Waals surface area contributed by atoms with E-state index in [1.165, 1.54) is 17.4 Å². The Kier molecular flexibility index (Phi) is 4.41. The van der Waals surface area contributed by atoms with Crippen LogP contribution in [0.5, 0.6) is 0 Å². The summed E-state index contributed by atoms with van der Waals surface area (Å²) in [6, 6.07) is 7.11. The van der Waals surface area contributed by atoms with Crippen molar-refractivity contribution < 1.29 is 14.7 Å². The maximum atomic E-state index is 12.2. The quantitative estimate of drug-likeness (QED) is 0.735. The number of amides is 1. The molecule has 0 spiro atoms. The van der Waals surface area contributed by atoms with Gasteiger partial charge in [-0.25, -0.2) is 4.79 Å². The molecule has 2 aromatic rings. The minimum Gasteiger partial charge on any atom is -0.479 e. The first-order valence-corrected chi connectivity index (χ1v) is 7.28. The van der Waals surface area contributed by atoms with E-state index in [1.807, 2.05) is 0 Å². The van der Waals surface area contributed by atoms with E-state index < -0.39 is 17.9 Å². The van der Waals surface area contributed by atoms with Crippen molar-refractivity contribution in [3.63, 3.8) is 0 Å². The Morgan fingerprint density at radius 2 is 2.10 bits per heavy atom. The number of hydrogen-bond acceptors (Lipinski definition) is 4. The zero-order valence-electron chi connectivity index (χ0n) is 10.2. The van der Waals surface area contributed by atoms with E-state index >= 15 is 0 Å². The van der Waals surface area contributed by atoms with Gasteiger partial charge < -0.3 is 16.2 Å². The summed E-state index contributed by atoms with van der Waals surface area (Å²) in [5, 5.41) is 13.5. The summed E-state index contributed by atoms with van der Waals surface area (Å²) in [7, 11) is 0. The number of rotatable bonds is 4. The average molecular weight is 355 g/mol. The van der Waals surface area contributed by atoms with Gasteiger partial charge in [0.05, 0.1) is 5.56 Å². The van der Waals surface area contributed by atoms with Gasteiger partial charge in [-0.15, -0.1) is 11.3 Å². The van der Waals surface area contributed by atoms with E-state index in [9.17, 15) is 14.7 Å². The molecule has 1 amide bonds. The molecule has 1 aromatic carbocycles. The number of nitrogen functional groups attached to an aromatic ring is 1. The van der Waals surface area contributed by atoms with Crippen molar-refractivity contribution in [1.82, 2.24) is 5.32 Å². The minimum absolute atomic E-state index is 0.299. The molecule has 4 N–H and O–H groups in total. The van der Waals surface area contributed by atoms with Crippen LogP contribution in [0, 0.1) is 0 Å². The molecule has 20 heavy (non-hydrogen) atoms. The van der Waals surface area contributed by atoms with Crippen LogP contribution >= 0.6 is 27.3 Å². The number of carbonyl (C=O) groups is 2. The lowest BCUT2D eigenvalue weighted by Gasteiger charge is -2.14. The summed E-state index contributed by atoms with van der Waals surface area (Å²) in [5.74, 6) is -1.61. The highest BCUT2D eigenvalue weighted by molar-refractivity contribution is 9.10. The number of aliphatic carboxylic acids is 1. The van der Waals surface area contributed by atoms with Crippen LogP contribution in [0.4, 0.5) is 5.69 Å². The fourth-order valence-electron chi connectivity index (χ4n) is 1.64. The Hall–Kier alpha value is -1.86. The summed E-state index contributed by atoms with van der Waals surface area (Å²) < 4.78 is 0.555. The first kappa shape index (κ1) is 14.5. The van der Waals surface area contributed by atoms with Crippen LogP contribution in [0.1, 0.15) is 21.3 Å². The zero-order chi connectivity index (χ0) is 14.7. The van der Waals surface area contributed by atoms with Crippen LogP contribution in [-0.4, -0.2) is 17.0 Å². The molecule has 0 aliphatic rings. The number of nitrogens with one attached hydrogen (secondary N) is 1. The van der Waals surface area contributed by atoms with Gasteiger partial charge in [0.25, 0.3) is 5.91 Å². The highest BCUT2D eigenvalue weighted by atomic mass is 79.9. The van der Waals surface area contributed by atoms with Crippen LogP contribution in [0.2, 0.25) is 0 Å². The van der Waals surface area contributed by atoms with Crippen molar-refractivity contribution in [2.45, 2.75) is 6.04 Å². The number of carbonyl (C=O) groups excluding carboxylic acids is 1. The second-order valence-electron chi connectivity index (χ2n) is 4.00. The van der Waals surface area contributed by atoms with Crippen LogP contribution in [-0.2, 0) is 4.79 Å². The summed E-state index contributed by atoms with van der Waals surface area (Å²) >= 11 is 4.52. The summed E-state index contributed by atoms with van der Waals surface area (Å²) in [5.41, 5.74) is 6.37. The molecule has 0 aliphatic heterocycles. The smallest absolute Gasteiger partial charge is 0.331 e. The molecule has 2 rings (SSSR count). The standard InChI is InChI=1S/C13H11BrN2O3S/c14-9-4-3-7(15)6-8(9)12(17)16-11(13(18)19)10-2-1-5-20-10/h1-6,11H,15H2,(H,16,17)(H,18,19). The number of halogens is 1. The molecular formula is C13H11BrN2O3S. The Bertz CT molecular complexity index is 643. The minimum atomic E-state index is -1.11. The van der Waals surface area contributed by atoms with Crippen molar-refractivity contribution in [2.24, 2.45) is 0 Å². The van der Waals surface area contributed by atoms with E-state index in [-0.39, 0.29) is 0 Å². The van der Waals surface area contributed by atoms with Gasteiger partial charge >= 0.3 is 5.97 Å². The number of anilines is 1. The van der Waals surface area contributed by atoms with Gasteiger partial charge in [0.2, 0.25) is 0 Å². The van der Waals surface area contributed by atoms with E-state index in [1.54, 1.807) is 29.6 Å². The zero-order valence-corrected chi connectivity index (χ0v) is 12.6. The van der Waals surface area contributed by atoms with E-state index in [2.05, 4.69) is 21.2 Å². The largest absolute Gasteiger partial charge is 0.479 e. The molecule has 7 heteroatoms. The monoisotopic (exact) mass is 354 g/mol. The van der Waals surface area contributed by atoms with Crippen molar-refractivity contribution in [3.05, 3.63) is 50.6 Å². The van der Waals surface area contributed by atoms with Gasteiger partial charge in [0.15, 0.2) is 6.04 Å². The highest BCUT2D eigenvalue weighted by Crippen LogP contribution is 2.23. The molecule has 0 saturated heterocycles. The topological polar surface area (TPSA) is 92.4 Å². The second kappa shape index (κ2) is 6.06. The molecule has 104 valence electrons. The third-order valence-electron chi connectivity index (χ3n) is 2.59. The summed E-state index contributed by atoms with van der Waals surface area (Å²) in [6.45, 7) is 0. The third-order valence-corrected chi connectivity index (χ3v) is 4.21. The average Bonchev–Trinajstić information content (AvgIpc) is 2.91. The van der Waals surface area contributed by atoms with Crippen molar-refractivity contribution >= 4 is 44.8 Å². The van der Waals surface area contributed by atoms with E-state index in [0.29, 0.717) is 20.6 Å². The van der Waals surface area contributed by atoms with Gasteiger partial charge in [-0.2, -0.15) is 0 Å². The van der Waals surface area contributed by atoms with Gasteiger partial charge in [-0.05, 0) is 45.6 Å². The molecule has 1 atom stereocenters. The number of hydrogen-bond donors (Lipinski definition) is 3.